The Morgan fingerprint density at radius 1 is 1.33 bits per heavy atom. The van der Waals surface area contributed by atoms with Gasteiger partial charge in [0.25, 0.3) is 6.43 Å². The molecule has 2 rings (SSSR count). The summed E-state index contributed by atoms with van der Waals surface area (Å²) in [6, 6.07) is -0.452. The Balaban J connectivity index is 2.28. The maximum absolute atomic E-state index is 13.2. The molecule has 0 aliphatic carbocycles. The van der Waals surface area contributed by atoms with Crippen LogP contribution in [0.15, 0.2) is 0 Å². The molecule has 2 heterocycles. The number of fused-ring (bicyclic) bond motifs is 1. The lowest BCUT2D eigenvalue weighted by atomic mass is 10.2. The number of alkyl halides is 3. The number of ether oxygens (including phenoxy) is 2. The Hall–Kier alpha value is -1.90. The average Bonchev–Trinajstić information content (AvgIpc) is 2.84. The quantitative estimate of drug-likeness (QED) is 0.608. The highest BCUT2D eigenvalue weighted by molar-refractivity contribution is 6.17. The lowest BCUT2D eigenvalue weighted by Crippen LogP contribution is -2.42. The molecule has 1 aromatic rings. The summed E-state index contributed by atoms with van der Waals surface area (Å²) in [5.74, 6) is -0.798. The SMILES string of the molecule is CC(C)(C)OC(=O)N1CCn2c(nc(C(F)F)c2C(=O)OCCl)C1. The van der Waals surface area contributed by atoms with Gasteiger partial charge in [0, 0.05) is 13.1 Å². The third kappa shape index (κ3) is 3.95. The summed E-state index contributed by atoms with van der Waals surface area (Å²) in [7, 11) is 0. The van der Waals surface area contributed by atoms with Gasteiger partial charge in [0.05, 0.1) is 6.54 Å². The Bertz CT molecular complexity index is 643. The maximum Gasteiger partial charge on any atom is 0.410 e. The molecule has 0 spiro atoms. The lowest BCUT2D eigenvalue weighted by Gasteiger charge is -2.30. The van der Waals surface area contributed by atoms with Crippen molar-refractivity contribution in [2.75, 3.05) is 12.6 Å². The van der Waals surface area contributed by atoms with Gasteiger partial charge in [-0.2, -0.15) is 0 Å². The molecule has 0 aromatic carbocycles. The molecule has 0 unspecified atom stereocenters. The molecule has 0 saturated heterocycles. The van der Waals surface area contributed by atoms with Crippen LogP contribution in [0.4, 0.5) is 13.6 Å². The molecule has 0 bridgehead atoms. The van der Waals surface area contributed by atoms with Crippen molar-refractivity contribution in [3.8, 4) is 0 Å². The van der Waals surface area contributed by atoms with E-state index in [1.54, 1.807) is 20.8 Å². The molecule has 0 fully saturated rings. The van der Waals surface area contributed by atoms with Crippen molar-refractivity contribution in [1.29, 1.82) is 0 Å². The highest BCUT2D eigenvalue weighted by Crippen LogP contribution is 2.27. The van der Waals surface area contributed by atoms with E-state index in [1.165, 1.54) is 9.47 Å². The summed E-state index contributed by atoms with van der Waals surface area (Å²) in [6.07, 6.45) is -3.52. The van der Waals surface area contributed by atoms with Gasteiger partial charge in [-0.1, -0.05) is 11.6 Å². The first-order chi connectivity index (χ1) is 11.1. The number of carbonyl (C=O) groups is 2. The minimum atomic E-state index is -2.95. The number of aromatic nitrogens is 2. The highest BCUT2D eigenvalue weighted by atomic mass is 35.5. The second kappa shape index (κ2) is 6.92. The number of carbonyl (C=O) groups excluding carboxylic acids is 2. The standard InChI is InChI=1S/C14H18ClF2N3O4/c1-14(2,3)24-13(22)19-4-5-20-8(6-19)18-9(11(16)17)10(20)12(21)23-7-15/h11H,4-7H2,1-3H3. The van der Waals surface area contributed by atoms with Crippen LogP contribution in [0.2, 0.25) is 0 Å². The van der Waals surface area contributed by atoms with Gasteiger partial charge in [0.15, 0.2) is 11.8 Å². The zero-order valence-electron chi connectivity index (χ0n) is 13.5. The van der Waals surface area contributed by atoms with Crippen molar-refractivity contribution in [1.82, 2.24) is 14.5 Å². The van der Waals surface area contributed by atoms with Crippen LogP contribution >= 0.6 is 11.6 Å². The van der Waals surface area contributed by atoms with E-state index >= 15 is 0 Å². The molecule has 0 N–H and O–H groups in total. The molecule has 134 valence electrons. The Morgan fingerprint density at radius 3 is 2.54 bits per heavy atom. The van der Waals surface area contributed by atoms with Crippen LogP contribution in [-0.4, -0.2) is 44.7 Å². The summed E-state index contributed by atoms with van der Waals surface area (Å²) < 4.78 is 37.5. The van der Waals surface area contributed by atoms with Gasteiger partial charge in [0.2, 0.25) is 0 Å². The van der Waals surface area contributed by atoms with Crippen molar-refractivity contribution in [3.63, 3.8) is 0 Å². The van der Waals surface area contributed by atoms with Crippen molar-refractivity contribution in [2.24, 2.45) is 0 Å². The number of rotatable bonds is 3. The van der Waals surface area contributed by atoms with Crippen molar-refractivity contribution < 1.29 is 27.8 Å². The summed E-state index contributed by atoms with van der Waals surface area (Å²) in [5, 5.41) is 0. The van der Waals surface area contributed by atoms with E-state index in [0.29, 0.717) is 0 Å². The molecule has 1 aliphatic rings. The number of hydrogen-bond acceptors (Lipinski definition) is 5. The zero-order valence-corrected chi connectivity index (χ0v) is 14.3. The summed E-state index contributed by atoms with van der Waals surface area (Å²) in [5.41, 5.74) is -1.68. The molecule has 0 atom stereocenters. The van der Waals surface area contributed by atoms with Crippen LogP contribution < -0.4 is 0 Å². The van der Waals surface area contributed by atoms with Crippen LogP contribution in [0.5, 0.6) is 0 Å². The van der Waals surface area contributed by atoms with Crippen molar-refractivity contribution in [3.05, 3.63) is 17.2 Å². The third-order valence-corrected chi connectivity index (χ3v) is 3.35. The van der Waals surface area contributed by atoms with Crippen molar-refractivity contribution >= 4 is 23.7 Å². The minimum Gasteiger partial charge on any atom is -0.445 e. The number of nitrogens with zero attached hydrogens (tertiary/aromatic N) is 3. The molecule has 0 saturated carbocycles. The predicted molar refractivity (Wildman–Crippen MR) is 80.0 cm³/mol. The fourth-order valence-electron chi connectivity index (χ4n) is 2.32. The lowest BCUT2D eigenvalue weighted by molar-refractivity contribution is 0.0194. The average molecular weight is 366 g/mol. The van der Waals surface area contributed by atoms with E-state index in [4.69, 9.17) is 16.3 Å². The van der Waals surface area contributed by atoms with Gasteiger partial charge in [0.1, 0.15) is 17.1 Å². The minimum absolute atomic E-state index is 0.0389. The fourth-order valence-corrected chi connectivity index (χ4v) is 2.42. The fraction of sp³-hybridized carbons (Fsp3) is 0.643. The van der Waals surface area contributed by atoms with Gasteiger partial charge in [-0.05, 0) is 20.8 Å². The number of esters is 1. The zero-order chi connectivity index (χ0) is 18.1. The van der Waals surface area contributed by atoms with Crippen LogP contribution in [0, 0.1) is 0 Å². The van der Waals surface area contributed by atoms with Gasteiger partial charge in [-0.3, -0.25) is 4.90 Å². The predicted octanol–water partition coefficient (Wildman–Crippen LogP) is 2.92. The molecule has 24 heavy (non-hydrogen) atoms. The number of halogens is 3. The second-order valence-electron chi connectivity index (χ2n) is 6.16. The first kappa shape index (κ1) is 18.4. The summed E-state index contributed by atoms with van der Waals surface area (Å²) in [6.45, 7) is 5.47. The smallest absolute Gasteiger partial charge is 0.410 e. The Kier molecular flexibility index (Phi) is 5.32. The highest BCUT2D eigenvalue weighted by Gasteiger charge is 2.34. The molecule has 10 heteroatoms. The van der Waals surface area contributed by atoms with Crippen LogP contribution in [0.3, 0.4) is 0 Å². The van der Waals surface area contributed by atoms with Crippen LogP contribution in [0.1, 0.15) is 49.2 Å². The number of amides is 1. The number of hydrogen-bond donors (Lipinski definition) is 0. The largest absolute Gasteiger partial charge is 0.445 e. The van der Waals surface area contributed by atoms with E-state index in [1.807, 2.05) is 0 Å². The Labute approximate surface area is 142 Å². The third-order valence-electron chi connectivity index (χ3n) is 3.24. The summed E-state index contributed by atoms with van der Waals surface area (Å²) in [4.78, 5) is 29.1. The van der Waals surface area contributed by atoms with Crippen molar-refractivity contribution in [2.45, 2.75) is 45.9 Å². The normalized spacial score (nSPS) is 14.5. The molecule has 7 nitrogen and oxygen atoms in total. The van der Waals surface area contributed by atoms with E-state index in [9.17, 15) is 18.4 Å². The van der Waals surface area contributed by atoms with Gasteiger partial charge in [-0.25, -0.2) is 23.4 Å². The first-order valence-corrected chi connectivity index (χ1v) is 7.76. The second-order valence-corrected chi connectivity index (χ2v) is 6.38. The maximum atomic E-state index is 13.2. The molecular weight excluding hydrogens is 348 g/mol. The first-order valence-electron chi connectivity index (χ1n) is 7.22. The monoisotopic (exact) mass is 365 g/mol. The van der Waals surface area contributed by atoms with Crippen LogP contribution in [0.25, 0.3) is 0 Å². The molecule has 1 aliphatic heterocycles. The Morgan fingerprint density at radius 2 is 2.00 bits per heavy atom. The topological polar surface area (TPSA) is 73.7 Å². The van der Waals surface area contributed by atoms with E-state index in [2.05, 4.69) is 9.72 Å². The van der Waals surface area contributed by atoms with E-state index in [-0.39, 0.29) is 31.2 Å². The molecule has 0 radical (unpaired) electrons. The van der Waals surface area contributed by atoms with E-state index in [0.717, 1.165) is 0 Å². The summed E-state index contributed by atoms with van der Waals surface area (Å²) >= 11 is 5.32. The molecular formula is C14H18ClF2N3O4. The van der Waals surface area contributed by atoms with Gasteiger partial charge >= 0.3 is 12.1 Å². The molecule has 1 amide bonds. The van der Waals surface area contributed by atoms with E-state index < -0.39 is 35.8 Å². The molecule has 1 aromatic heterocycles. The number of imidazole rings is 1. The van der Waals surface area contributed by atoms with Gasteiger partial charge in [-0.15, -0.1) is 0 Å². The van der Waals surface area contributed by atoms with Crippen LogP contribution in [-0.2, 0) is 22.6 Å². The van der Waals surface area contributed by atoms with Gasteiger partial charge < -0.3 is 14.0 Å².